The Morgan fingerprint density at radius 1 is 1.15 bits per heavy atom. The Bertz CT molecular complexity index is 874. The maximum Gasteiger partial charge on any atom is 0.319 e. The van der Waals surface area contributed by atoms with E-state index in [9.17, 15) is 14.0 Å². The zero-order chi connectivity index (χ0) is 19.4. The Morgan fingerprint density at radius 2 is 1.93 bits per heavy atom. The minimum Gasteiger partial charge on any atom is -0.454 e. The first-order chi connectivity index (χ1) is 13.0. The average molecular weight is 375 g/mol. The summed E-state index contributed by atoms with van der Waals surface area (Å²) in [6.45, 7) is 1.45. The van der Waals surface area contributed by atoms with E-state index in [1.165, 1.54) is 12.1 Å². The van der Waals surface area contributed by atoms with Gasteiger partial charge in [-0.05, 0) is 43.3 Å². The van der Waals surface area contributed by atoms with E-state index in [2.05, 4.69) is 16.0 Å². The maximum absolute atomic E-state index is 13.9. The number of benzene rings is 2. The SMILES string of the molecule is C[C@@H](CO)NC(=O)Nc1cc(NC(=O)c2ccc3c(c2)OCO3)ccc1F. The van der Waals surface area contributed by atoms with Crippen molar-refractivity contribution in [1.29, 1.82) is 0 Å². The number of carbonyl (C=O) groups excluding carboxylic acids is 2. The van der Waals surface area contributed by atoms with Crippen LogP contribution in [0.3, 0.4) is 0 Å². The van der Waals surface area contributed by atoms with Crippen LogP contribution in [0.1, 0.15) is 17.3 Å². The zero-order valence-corrected chi connectivity index (χ0v) is 14.4. The quantitative estimate of drug-likeness (QED) is 0.641. The number of fused-ring (bicyclic) bond motifs is 1. The number of amides is 3. The molecule has 8 nitrogen and oxygen atoms in total. The van der Waals surface area contributed by atoms with Crippen molar-refractivity contribution in [1.82, 2.24) is 5.32 Å². The number of hydrogen-bond acceptors (Lipinski definition) is 5. The molecule has 1 atom stereocenters. The molecule has 1 aliphatic heterocycles. The fourth-order valence-electron chi connectivity index (χ4n) is 2.37. The molecule has 9 heteroatoms. The minimum absolute atomic E-state index is 0.102. The number of aliphatic hydroxyl groups is 1. The highest BCUT2D eigenvalue weighted by atomic mass is 19.1. The molecule has 27 heavy (non-hydrogen) atoms. The summed E-state index contributed by atoms with van der Waals surface area (Å²) in [6.07, 6.45) is 0. The molecule has 0 aliphatic carbocycles. The Kier molecular flexibility index (Phi) is 5.41. The highest BCUT2D eigenvalue weighted by Crippen LogP contribution is 2.32. The third-order valence-electron chi connectivity index (χ3n) is 3.76. The molecule has 0 unspecified atom stereocenters. The molecule has 0 spiro atoms. The molecular weight excluding hydrogens is 357 g/mol. The van der Waals surface area contributed by atoms with E-state index in [0.717, 1.165) is 6.07 Å². The number of hydrogen-bond donors (Lipinski definition) is 4. The topological polar surface area (TPSA) is 109 Å². The number of carbonyl (C=O) groups is 2. The van der Waals surface area contributed by atoms with Crippen LogP contribution < -0.4 is 25.4 Å². The Hall–Kier alpha value is -3.33. The van der Waals surface area contributed by atoms with Gasteiger partial charge in [-0.15, -0.1) is 0 Å². The van der Waals surface area contributed by atoms with Crippen molar-refractivity contribution < 1.29 is 28.6 Å². The Labute approximate surface area is 154 Å². The molecule has 0 bridgehead atoms. The van der Waals surface area contributed by atoms with E-state index in [1.54, 1.807) is 25.1 Å². The molecular formula is C18H18FN3O5. The summed E-state index contributed by atoms with van der Waals surface area (Å²) in [5.74, 6) is -0.0613. The number of urea groups is 1. The lowest BCUT2D eigenvalue weighted by Gasteiger charge is -2.13. The van der Waals surface area contributed by atoms with Crippen LogP contribution in [-0.2, 0) is 0 Å². The van der Waals surface area contributed by atoms with Crippen molar-refractivity contribution in [2.75, 3.05) is 24.0 Å². The summed E-state index contributed by atoms with van der Waals surface area (Å²) in [5, 5.41) is 16.3. The summed E-state index contributed by atoms with van der Waals surface area (Å²) < 4.78 is 24.4. The second-order valence-electron chi connectivity index (χ2n) is 5.90. The molecule has 1 heterocycles. The number of nitrogens with one attached hydrogen (secondary N) is 3. The van der Waals surface area contributed by atoms with Gasteiger partial charge in [-0.25, -0.2) is 9.18 Å². The lowest BCUT2D eigenvalue weighted by Crippen LogP contribution is -2.38. The number of rotatable bonds is 5. The van der Waals surface area contributed by atoms with Gasteiger partial charge in [0.25, 0.3) is 5.91 Å². The first-order valence-corrected chi connectivity index (χ1v) is 8.15. The molecule has 3 amide bonds. The van der Waals surface area contributed by atoms with E-state index < -0.39 is 23.8 Å². The number of ether oxygens (including phenoxy) is 2. The van der Waals surface area contributed by atoms with Crippen molar-refractivity contribution in [2.45, 2.75) is 13.0 Å². The molecule has 3 rings (SSSR count). The standard InChI is InChI=1S/C18H18FN3O5/c1-10(8-23)20-18(25)22-14-7-12(3-4-13(14)19)21-17(24)11-2-5-15-16(6-11)27-9-26-15/h2-7,10,23H,8-9H2,1H3,(H,21,24)(H2,20,22,25)/t10-/m0/s1. The molecule has 0 radical (unpaired) electrons. The van der Waals surface area contributed by atoms with Gasteiger partial charge in [-0.1, -0.05) is 0 Å². The van der Waals surface area contributed by atoms with Crippen LogP contribution in [-0.4, -0.2) is 36.5 Å². The summed E-state index contributed by atoms with van der Waals surface area (Å²) in [7, 11) is 0. The second-order valence-corrected chi connectivity index (χ2v) is 5.90. The van der Waals surface area contributed by atoms with Gasteiger partial charge in [0.2, 0.25) is 6.79 Å². The smallest absolute Gasteiger partial charge is 0.319 e. The fourth-order valence-corrected chi connectivity index (χ4v) is 2.37. The van der Waals surface area contributed by atoms with Crippen molar-refractivity contribution in [3.63, 3.8) is 0 Å². The lowest BCUT2D eigenvalue weighted by atomic mass is 10.2. The molecule has 2 aromatic carbocycles. The van der Waals surface area contributed by atoms with Crippen molar-refractivity contribution >= 4 is 23.3 Å². The van der Waals surface area contributed by atoms with Crippen molar-refractivity contribution in [3.8, 4) is 11.5 Å². The van der Waals surface area contributed by atoms with E-state index in [0.29, 0.717) is 22.7 Å². The molecule has 2 aromatic rings. The predicted molar refractivity (Wildman–Crippen MR) is 95.6 cm³/mol. The van der Waals surface area contributed by atoms with Crippen molar-refractivity contribution in [3.05, 3.63) is 47.8 Å². The Balaban J connectivity index is 1.70. The summed E-state index contributed by atoms with van der Waals surface area (Å²) in [5.41, 5.74) is 0.526. The first kappa shape index (κ1) is 18.5. The average Bonchev–Trinajstić information content (AvgIpc) is 3.12. The van der Waals surface area contributed by atoms with Gasteiger partial charge < -0.3 is 30.5 Å². The molecule has 0 aromatic heterocycles. The van der Waals surface area contributed by atoms with Crippen LogP contribution in [0.5, 0.6) is 11.5 Å². The van der Waals surface area contributed by atoms with Crippen LogP contribution in [0.25, 0.3) is 0 Å². The summed E-state index contributed by atoms with van der Waals surface area (Å²) in [4.78, 5) is 24.2. The van der Waals surface area contributed by atoms with E-state index in [1.807, 2.05) is 0 Å². The van der Waals surface area contributed by atoms with E-state index >= 15 is 0 Å². The maximum atomic E-state index is 13.9. The van der Waals surface area contributed by atoms with Gasteiger partial charge >= 0.3 is 6.03 Å². The molecule has 0 saturated carbocycles. The third-order valence-corrected chi connectivity index (χ3v) is 3.76. The van der Waals surface area contributed by atoms with Gasteiger partial charge in [0, 0.05) is 11.3 Å². The van der Waals surface area contributed by atoms with Gasteiger partial charge in [0.1, 0.15) is 5.82 Å². The number of halogens is 1. The van der Waals surface area contributed by atoms with Gasteiger partial charge in [0.15, 0.2) is 11.5 Å². The van der Waals surface area contributed by atoms with Gasteiger partial charge in [-0.2, -0.15) is 0 Å². The first-order valence-electron chi connectivity index (χ1n) is 8.15. The largest absolute Gasteiger partial charge is 0.454 e. The minimum atomic E-state index is -0.672. The van der Waals surface area contributed by atoms with Gasteiger partial charge in [0.05, 0.1) is 18.3 Å². The van der Waals surface area contributed by atoms with Crippen LogP contribution in [0.2, 0.25) is 0 Å². The molecule has 0 fully saturated rings. The number of anilines is 2. The molecule has 4 N–H and O–H groups in total. The van der Waals surface area contributed by atoms with E-state index in [-0.39, 0.29) is 19.1 Å². The molecule has 1 aliphatic rings. The fraction of sp³-hybridized carbons (Fsp3) is 0.222. The highest BCUT2D eigenvalue weighted by Gasteiger charge is 2.17. The second kappa shape index (κ2) is 7.92. The van der Waals surface area contributed by atoms with Crippen LogP contribution >= 0.6 is 0 Å². The van der Waals surface area contributed by atoms with Crippen LogP contribution in [0.4, 0.5) is 20.6 Å². The molecule has 142 valence electrons. The number of aliphatic hydroxyl groups excluding tert-OH is 1. The molecule has 0 saturated heterocycles. The lowest BCUT2D eigenvalue weighted by molar-refractivity contribution is 0.102. The zero-order valence-electron chi connectivity index (χ0n) is 14.4. The third kappa shape index (κ3) is 4.45. The van der Waals surface area contributed by atoms with E-state index in [4.69, 9.17) is 14.6 Å². The highest BCUT2D eigenvalue weighted by molar-refractivity contribution is 6.05. The Morgan fingerprint density at radius 3 is 2.70 bits per heavy atom. The van der Waals surface area contributed by atoms with Crippen molar-refractivity contribution in [2.24, 2.45) is 0 Å². The summed E-state index contributed by atoms with van der Waals surface area (Å²) >= 11 is 0. The van der Waals surface area contributed by atoms with Crippen LogP contribution in [0, 0.1) is 5.82 Å². The van der Waals surface area contributed by atoms with Crippen LogP contribution in [0.15, 0.2) is 36.4 Å². The monoisotopic (exact) mass is 375 g/mol. The normalized spacial score (nSPS) is 13.0. The predicted octanol–water partition coefficient (Wildman–Crippen LogP) is 2.31. The van der Waals surface area contributed by atoms with Gasteiger partial charge in [-0.3, -0.25) is 4.79 Å². The summed E-state index contributed by atoms with van der Waals surface area (Å²) in [6, 6.07) is 7.39.